The van der Waals surface area contributed by atoms with E-state index in [1.54, 1.807) is 0 Å². The highest BCUT2D eigenvalue weighted by Crippen LogP contribution is 2.36. The van der Waals surface area contributed by atoms with Gasteiger partial charge in [-0.3, -0.25) is 4.79 Å². The van der Waals surface area contributed by atoms with Crippen LogP contribution in [0, 0.1) is 39.4 Å². The Morgan fingerprint density at radius 1 is 1.00 bits per heavy atom. The van der Waals surface area contributed by atoms with E-state index in [0.29, 0.717) is 19.3 Å². The van der Waals surface area contributed by atoms with Crippen molar-refractivity contribution in [3.8, 4) is 18.2 Å². The first-order valence-corrected chi connectivity index (χ1v) is 5.36. The second kappa shape index (κ2) is 8.13. The highest BCUT2D eigenvalue weighted by Gasteiger charge is 2.38. The minimum atomic E-state index is -0.865. The zero-order valence-electron chi connectivity index (χ0n) is 9.90. The third-order valence-corrected chi connectivity index (χ3v) is 2.76. The summed E-state index contributed by atoms with van der Waals surface area (Å²) >= 11 is 0. The van der Waals surface area contributed by atoms with Gasteiger partial charge in [0.2, 0.25) is 0 Å². The van der Waals surface area contributed by atoms with Gasteiger partial charge < -0.3 is 4.74 Å². The Bertz CT molecular complexity index is 325. The van der Waals surface area contributed by atoms with E-state index in [2.05, 4.69) is 0 Å². The van der Waals surface area contributed by atoms with Crippen LogP contribution in [0.3, 0.4) is 0 Å². The van der Waals surface area contributed by atoms with Crippen LogP contribution in [-0.2, 0) is 9.53 Å². The predicted octanol–water partition coefficient (Wildman–Crippen LogP) is 2.06. The van der Waals surface area contributed by atoms with E-state index in [9.17, 15) is 4.79 Å². The molecule has 0 aliphatic carbocycles. The number of nitrogens with zero attached hydrogens (tertiary/aromatic N) is 3. The molecule has 0 aromatic rings. The van der Waals surface area contributed by atoms with Gasteiger partial charge in [0.25, 0.3) is 0 Å². The highest BCUT2D eigenvalue weighted by molar-refractivity contribution is 5.76. The lowest BCUT2D eigenvalue weighted by atomic mass is 9.75. The number of rotatable bonds is 7. The second-order valence-corrected chi connectivity index (χ2v) is 3.75. The smallest absolute Gasteiger partial charge is 0.311 e. The molecule has 0 atom stereocenters. The molecule has 0 amide bonds. The van der Waals surface area contributed by atoms with Crippen molar-refractivity contribution in [2.45, 2.75) is 38.5 Å². The first-order valence-electron chi connectivity index (χ1n) is 5.36. The van der Waals surface area contributed by atoms with Crippen molar-refractivity contribution in [2.24, 2.45) is 5.41 Å². The van der Waals surface area contributed by atoms with Crippen molar-refractivity contribution in [3.05, 3.63) is 0 Å². The molecule has 0 heterocycles. The zero-order chi connectivity index (χ0) is 13.1. The monoisotopic (exact) mass is 233 g/mol. The molecule has 0 aromatic carbocycles. The number of esters is 1. The first-order chi connectivity index (χ1) is 8.16. The summed E-state index contributed by atoms with van der Waals surface area (Å²) in [6.07, 6.45) is 1.64. The van der Waals surface area contributed by atoms with Crippen molar-refractivity contribution >= 4 is 5.97 Å². The topological polar surface area (TPSA) is 97.7 Å². The SMILES string of the molecule is COC(=O)C(CCC#N)(CCC#N)CCC#N. The molecule has 0 aliphatic rings. The lowest BCUT2D eigenvalue weighted by molar-refractivity contribution is -0.154. The van der Waals surface area contributed by atoms with Crippen LogP contribution in [0.2, 0.25) is 0 Å². The van der Waals surface area contributed by atoms with Crippen molar-refractivity contribution in [1.29, 1.82) is 15.8 Å². The fourth-order valence-corrected chi connectivity index (χ4v) is 1.78. The quantitative estimate of drug-likeness (QED) is 0.627. The number of carbonyl (C=O) groups is 1. The lowest BCUT2D eigenvalue weighted by Gasteiger charge is -2.28. The second-order valence-electron chi connectivity index (χ2n) is 3.75. The van der Waals surface area contributed by atoms with Gasteiger partial charge in [-0.2, -0.15) is 15.8 Å². The third-order valence-electron chi connectivity index (χ3n) is 2.76. The molecule has 5 nitrogen and oxygen atoms in total. The Labute approximate surface area is 101 Å². The van der Waals surface area contributed by atoms with Gasteiger partial charge >= 0.3 is 5.97 Å². The molecule has 0 rings (SSSR count). The largest absolute Gasteiger partial charge is 0.469 e. The average molecular weight is 233 g/mol. The summed E-state index contributed by atoms with van der Waals surface area (Å²) in [5, 5.41) is 25.8. The average Bonchev–Trinajstić information content (AvgIpc) is 2.37. The standard InChI is InChI=1S/C12H15N3O2/c1-17-11(16)12(5-2-8-13,6-3-9-14)7-4-10-15/h2-7H2,1H3. The van der Waals surface area contributed by atoms with Crippen LogP contribution in [0.5, 0.6) is 0 Å². The van der Waals surface area contributed by atoms with E-state index in [1.807, 2.05) is 18.2 Å². The molecular weight excluding hydrogens is 218 g/mol. The van der Waals surface area contributed by atoms with Crippen LogP contribution in [0.4, 0.5) is 0 Å². The van der Waals surface area contributed by atoms with Crippen LogP contribution in [0.25, 0.3) is 0 Å². The van der Waals surface area contributed by atoms with Crippen LogP contribution < -0.4 is 0 Å². The van der Waals surface area contributed by atoms with E-state index < -0.39 is 11.4 Å². The van der Waals surface area contributed by atoms with Crippen molar-refractivity contribution < 1.29 is 9.53 Å². The van der Waals surface area contributed by atoms with Gasteiger partial charge in [0.1, 0.15) is 0 Å². The Balaban J connectivity index is 4.93. The fraction of sp³-hybridized carbons (Fsp3) is 0.667. The molecule has 0 bridgehead atoms. The zero-order valence-corrected chi connectivity index (χ0v) is 9.90. The van der Waals surface area contributed by atoms with E-state index in [1.165, 1.54) is 7.11 Å². The summed E-state index contributed by atoms with van der Waals surface area (Å²) in [5.41, 5.74) is -0.865. The van der Waals surface area contributed by atoms with Crippen LogP contribution in [0.15, 0.2) is 0 Å². The first kappa shape index (κ1) is 14.9. The maximum Gasteiger partial charge on any atom is 0.311 e. The summed E-state index contributed by atoms with van der Waals surface area (Å²) in [6, 6.07) is 5.94. The fourth-order valence-electron chi connectivity index (χ4n) is 1.78. The van der Waals surface area contributed by atoms with E-state index >= 15 is 0 Å². The Morgan fingerprint density at radius 3 is 1.59 bits per heavy atom. The Morgan fingerprint density at radius 2 is 1.35 bits per heavy atom. The summed E-state index contributed by atoms with van der Waals surface area (Å²) < 4.78 is 4.74. The molecule has 0 unspecified atom stereocenters. The minimum absolute atomic E-state index is 0.214. The molecular formula is C12H15N3O2. The highest BCUT2D eigenvalue weighted by atomic mass is 16.5. The van der Waals surface area contributed by atoms with Crippen molar-refractivity contribution in [1.82, 2.24) is 0 Å². The summed E-state index contributed by atoms with van der Waals surface area (Å²) in [6.45, 7) is 0. The van der Waals surface area contributed by atoms with Crippen LogP contribution >= 0.6 is 0 Å². The molecule has 0 spiro atoms. The molecule has 0 saturated carbocycles. The third kappa shape index (κ3) is 4.53. The number of methoxy groups -OCH3 is 1. The number of hydrogen-bond acceptors (Lipinski definition) is 5. The summed E-state index contributed by atoms with van der Waals surface area (Å²) in [7, 11) is 1.28. The van der Waals surface area contributed by atoms with Gasteiger partial charge in [-0.25, -0.2) is 0 Å². The van der Waals surface area contributed by atoms with E-state index in [4.69, 9.17) is 20.5 Å². The van der Waals surface area contributed by atoms with Crippen molar-refractivity contribution in [2.75, 3.05) is 7.11 Å². The molecule has 0 aliphatic heterocycles. The molecule has 17 heavy (non-hydrogen) atoms. The van der Waals surface area contributed by atoms with Gasteiger partial charge in [-0.1, -0.05) is 0 Å². The number of hydrogen-bond donors (Lipinski definition) is 0. The van der Waals surface area contributed by atoms with E-state index in [-0.39, 0.29) is 19.3 Å². The molecule has 90 valence electrons. The maximum atomic E-state index is 11.8. The molecule has 0 fully saturated rings. The maximum absolute atomic E-state index is 11.8. The van der Waals surface area contributed by atoms with Crippen molar-refractivity contribution in [3.63, 3.8) is 0 Å². The number of ether oxygens (including phenoxy) is 1. The molecule has 0 radical (unpaired) electrons. The van der Waals surface area contributed by atoms with Gasteiger partial charge in [-0.15, -0.1) is 0 Å². The summed E-state index contributed by atoms with van der Waals surface area (Å²) in [4.78, 5) is 11.8. The van der Waals surface area contributed by atoms with Gasteiger partial charge in [0.15, 0.2) is 0 Å². The minimum Gasteiger partial charge on any atom is -0.469 e. The van der Waals surface area contributed by atoms with Gasteiger partial charge in [-0.05, 0) is 19.3 Å². The number of carbonyl (C=O) groups excluding carboxylic acids is 1. The molecule has 0 N–H and O–H groups in total. The normalized spacial score (nSPS) is 9.76. The predicted molar refractivity (Wildman–Crippen MR) is 59.0 cm³/mol. The van der Waals surface area contributed by atoms with Gasteiger partial charge in [0, 0.05) is 19.3 Å². The number of nitriles is 3. The Hall–Kier alpha value is -2.06. The summed E-state index contributed by atoms with van der Waals surface area (Å²) in [5.74, 6) is -0.432. The van der Waals surface area contributed by atoms with Crippen LogP contribution in [0.1, 0.15) is 38.5 Å². The van der Waals surface area contributed by atoms with Crippen LogP contribution in [-0.4, -0.2) is 13.1 Å². The molecule has 0 saturated heterocycles. The molecule has 0 aromatic heterocycles. The van der Waals surface area contributed by atoms with E-state index in [0.717, 1.165) is 0 Å². The molecule has 5 heteroatoms. The Kier molecular flexibility index (Phi) is 7.15. The van der Waals surface area contributed by atoms with Gasteiger partial charge in [0.05, 0.1) is 30.7 Å². The lowest BCUT2D eigenvalue weighted by Crippen LogP contribution is -2.32.